The van der Waals surface area contributed by atoms with Gasteiger partial charge in [-0.05, 0) is 50.6 Å². The summed E-state index contributed by atoms with van der Waals surface area (Å²) < 4.78 is 0. The lowest BCUT2D eigenvalue weighted by Crippen LogP contribution is -2.32. The summed E-state index contributed by atoms with van der Waals surface area (Å²) in [5.41, 5.74) is 4.49. The molecule has 0 aliphatic carbocycles. The molecule has 2 aromatic carbocycles. The predicted octanol–water partition coefficient (Wildman–Crippen LogP) is 4.83. The van der Waals surface area contributed by atoms with Crippen LogP contribution in [0.15, 0.2) is 71.4 Å². The molecule has 1 aliphatic rings. The quantitative estimate of drug-likeness (QED) is 0.530. The first-order valence-corrected chi connectivity index (χ1v) is 10.9. The van der Waals surface area contributed by atoms with Crippen LogP contribution in [0.25, 0.3) is 0 Å². The number of anilines is 1. The highest BCUT2D eigenvalue weighted by molar-refractivity contribution is 6.05. The van der Waals surface area contributed by atoms with Gasteiger partial charge < -0.3 is 21.1 Å². The van der Waals surface area contributed by atoms with Crippen molar-refractivity contribution in [2.45, 2.75) is 52.7 Å². The van der Waals surface area contributed by atoms with Crippen LogP contribution in [0.3, 0.4) is 0 Å². The number of aliphatic hydroxyl groups is 1. The Morgan fingerprint density at radius 3 is 2.43 bits per heavy atom. The molecular formula is C25H36N4O. The molecule has 1 aliphatic heterocycles. The fourth-order valence-corrected chi connectivity index (χ4v) is 3.43. The molecule has 5 nitrogen and oxygen atoms in total. The van der Waals surface area contributed by atoms with E-state index in [1.165, 1.54) is 0 Å². The molecule has 0 aromatic heterocycles. The van der Waals surface area contributed by atoms with Crippen molar-refractivity contribution in [2.75, 3.05) is 18.5 Å². The number of nitrogens with zero attached hydrogens (tertiary/aromatic N) is 1. The van der Waals surface area contributed by atoms with Gasteiger partial charge in [0, 0.05) is 29.6 Å². The van der Waals surface area contributed by atoms with Crippen molar-refractivity contribution in [3.8, 4) is 0 Å². The van der Waals surface area contributed by atoms with Crippen molar-refractivity contribution in [2.24, 2.45) is 4.99 Å². The molecule has 0 amide bonds. The maximum atomic E-state index is 7.57. The van der Waals surface area contributed by atoms with Crippen LogP contribution in [0.4, 0.5) is 5.69 Å². The fourth-order valence-electron chi connectivity index (χ4n) is 3.43. The highest BCUT2D eigenvalue weighted by Gasteiger charge is 2.21. The normalized spacial score (nSPS) is 16.4. The van der Waals surface area contributed by atoms with Crippen LogP contribution in [0.1, 0.15) is 57.8 Å². The second kappa shape index (κ2) is 12.8. The maximum Gasteiger partial charge on any atom is 0.147 e. The monoisotopic (exact) mass is 408 g/mol. The van der Waals surface area contributed by atoms with E-state index >= 15 is 0 Å². The zero-order valence-electron chi connectivity index (χ0n) is 18.7. The van der Waals surface area contributed by atoms with Crippen LogP contribution in [0.2, 0.25) is 0 Å². The molecule has 2 unspecified atom stereocenters. The van der Waals surface area contributed by atoms with E-state index in [1.54, 1.807) is 6.92 Å². The number of likely N-dealkylation sites (N-methyl/N-ethyl adjacent to an activating group) is 1. The second-order valence-corrected chi connectivity index (χ2v) is 7.22. The number of hydrogen-bond donors (Lipinski definition) is 4. The number of hydrogen-bond acceptors (Lipinski definition) is 5. The van der Waals surface area contributed by atoms with E-state index < -0.39 is 0 Å². The molecule has 1 heterocycles. The van der Waals surface area contributed by atoms with Crippen molar-refractivity contribution in [1.82, 2.24) is 10.6 Å². The molecular weight excluding hydrogens is 372 g/mol. The molecule has 0 saturated heterocycles. The molecule has 0 saturated carbocycles. The zero-order chi connectivity index (χ0) is 21.8. The van der Waals surface area contributed by atoms with Crippen molar-refractivity contribution >= 4 is 11.5 Å². The number of aliphatic hydroxyl groups excluding tert-OH is 1. The summed E-state index contributed by atoms with van der Waals surface area (Å²) in [7, 11) is 0. The van der Waals surface area contributed by atoms with Crippen LogP contribution < -0.4 is 16.0 Å². The van der Waals surface area contributed by atoms with Crippen LogP contribution >= 0.6 is 0 Å². The molecule has 4 N–H and O–H groups in total. The third kappa shape index (κ3) is 7.01. The predicted molar refractivity (Wildman–Crippen MR) is 128 cm³/mol. The topological polar surface area (TPSA) is 68.7 Å². The van der Waals surface area contributed by atoms with Gasteiger partial charge in [-0.2, -0.15) is 0 Å². The summed E-state index contributed by atoms with van der Waals surface area (Å²) in [6.45, 7) is 9.39. The Bertz CT molecular complexity index is 811. The van der Waals surface area contributed by atoms with Gasteiger partial charge in [0.15, 0.2) is 0 Å². The maximum absolute atomic E-state index is 7.57. The smallest absolute Gasteiger partial charge is 0.147 e. The average Bonchev–Trinajstić information content (AvgIpc) is 2.75. The number of benzene rings is 2. The van der Waals surface area contributed by atoms with Crippen LogP contribution in [-0.4, -0.2) is 30.1 Å². The minimum absolute atomic E-state index is 0.0865. The summed E-state index contributed by atoms with van der Waals surface area (Å²) in [6.07, 6.45) is 4.48. The van der Waals surface area contributed by atoms with Crippen molar-refractivity contribution in [3.05, 3.63) is 77.5 Å². The Balaban J connectivity index is 0.00000101. The number of fused-ring (bicyclic) bond motifs is 1. The Morgan fingerprint density at radius 2 is 1.77 bits per heavy atom. The summed E-state index contributed by atoms with van der Waals surface area (Å²) >= 11 is 0. The number of nitrogens with one attached hydrogen (secondary N) is 3. The average molecular weight is 409 g/mol. The second-order valence-electron chi connectivity index (χ2n) is 7.22. The highest BCUT2D eigenvalue weighted by Crippen LogP contribution is 2.29. The number of aliphatic imine (C=N–C) groups is 1. The molecule has 0 radical (unpaired) electrons. The lowest BCUT2D eigenvalue weighted by molar-refractivity contribution is 0.318. The molecule has 0 bridgehead atoms. The summed E-state index contributed by atoms with van der Waals surface area (Å²) in [4.78, 5) is 4.97. The Morgan fingerprint density at radius 1 is 1.10 bits per heavy atom. The van der Waals surface area contributed by atoms with Crippen molar-refractivity contribution < 1.29 is 5.11 Å². The van der Waals surface area contributed by atoms with Crippen LogP contribution in [0, 0.1) is 0 Å². The first-order valence-electron chi connectivity index (χ1n) is 10.9. The molecule has 0 spiro atoms. The van der Waals surface area contributed by atoms with Gasteiger partial charge >= 0.3 is 0 Å². The molecule has 0 fully saturated rings. The van der Waals surface area contributed by atoms with Crippen molar-refractivity contribution in [3.63, 3.8) is 0 Å². The van der Waals surface area contributed by atoms with E-state index in [0.717, 1.165) is 47.7 Å². The molecule has 5 heteroatoms. The molecule has 30 heavy (non-hydrogen) atoms. The van der Waals surface area contributed by atoms with Gasteiger partial charge in [0.05, 0.1) is 0 Å². The standard InChI is InChI=1S/C23H30N4.C2H6O/c1-4-11-19(24-5-2)16-17(3)25-23-20-14-9-10-15-21(20)26-22(27-23)18-12-7-6-8-13-18;1-2-3/h6-10,12-16,19,22,24,26H,4-5,11H2,1-3H3,(H,25,27);3H,2H2,1H3/b17-16+;. The van der Waals surface area contributed by atoms with Crippen LogP contribution in [0.5, 0.6) is 0 Å². The fraction of sp³-hybridized carbons (Fsp3) is 0.400. The molecule has 162 valence electrons. The van der Waals surface area contributed by atoms with Crippen molar-refractivity contribution in [1.29, 1.82) is 0 Å². The highest BCUT2D eigenvalue weighted by atomic mass is 16.2. The largest absolute Gasteiger partial charge is 0.397 e. The van der Waals surface area contributed by atoms with Gasteiger partial charge in [0.25, 0.3) is 0 Å². The minimum atomic E-state index is -0.0865. The van der Waals surface area contributed by atoms with Gasteiger partial charge in [0.1, 0.15) is 12.0 Å². The van der Waals surface area contributed by atoms with E-state index in [4.69, 9.17) is 10.1 Å². The summed E-state index contributed by atoms with van der Waals surface area (Å²) in [6, 6.07) is 19.1. The molecule has 2 aromatic rings. The third-order valence-electron chi connectivity index (χ3n) is 4.68. The number of amidine groups is 1. The minimum Gasteiger partial charge on any atom is -0.397 e. The number of para-hydroxylation sites is 1. The molecule has 2 atom stereocenters. The van der Waals surface area contributed by atoms with Crippen LogP contribution in [-0.2, 0) is 0 Å². The van der Waals surface area contributed by atoms with E-state index in [2.05, 4.69) is 91.3 Å². The molecule has 3 rings (SSSR count). The summed E-state index contributed by atoms with van der Waals surface area (Å²) in [5.74, 6) is 0.915. The van der Waals surface area contributed by atoms with E-state index in [0.29, 0.717) is 6.04 Å². The summed E-state index contributed by atoms with van der Waals surface area (Å²) in [5, 5.41) is 18.2. The van der Waals surface area contributed by atoms with Gasteiger partial charge in [0.2, 0.25) is 0 Å². The first-order chi connectivity index (χ1) is 14.6. The first kappa shape index (κ1) is 23.6. The van der Waals surface area contributed by atoms with Gasteiger partial charge in [-0.1, -0.05) is 62.7 Å². The Labute approximate surface area is 181 Å². The van der Waals surface area contributed by atoms with E-state index in [-0.39, 0.29) is 12.8 Å². The van der Waals surface area contributed by atoms with E-state index in [1.807, 2.05) is 6.07 Å². The lowest BCUT2D eigenvalue weighted by atomic mass is 10.1. The number of allylic oxidation sites excluding steroid dienone is 1. The van der Waals surface area contributed by atoms with E-state index in [9.17, 15) is 0 Å². The number of rotatable bonds is 7. The van der Waals surface area contributed by atoms with Gasteiger partial charge in [-0.3, -0.25) is 0 Å². The van der Waals surface area contributed by atoms with Gasteiger partial charge in [-0.25, -0.2) is 4.99 Å². The lowest BCUT2D eigenvalue weighted by Gasteiger charge is -2.27. The SMILES string of the molecule is CCCC(/C=C(\C)NC1=NC(c2ccccc2)Nc2ccccc21)NCC.CCO. The zero-order valence-corrected chi connectivity index (χ0v) is 18.7. The Kier molecular flexibility index (Phi) is 10.1. The third-order valence-corrected chi connectivity index (χ3v) is 4.68. The van der Waals surface area contributed by atoms with Gasteiger partial charge in [-0.15, -0.1) is 0 Å². The Hall–Kier alpha value is -2.63.